The molecule has 0 saturated carbocycles. The molecule has 0 atom stereocenters. The number of nitrogens with one attached hydrogen (secondary N) is 3. The Hall–Kier alpha value is -3.25. The van der Waals surface area contributed by atoms with Gasteiger partial charge < -0.3 is 30.9 Å². The normalized spacial score (nSPS) is 10.3. The Kier molecular flexibility index (Phi) is 8.55. The third kappa shape index (κ3) is 6.39. The van der Waals surface area contributed by atoms with Crippen LogP contribution in [0.3, 0.4) is 0 Å². The number of amides is 2. The number of nitrogens with two attached hydrogens (primary N) is 1. The van der Waals surface area contributed by atoms with Crippen molar-refractivity contribution in [3.8, 4) is 5.88 Å². The molecule has 3 heterocycles. The first-order chi connectivity index (χ1) is 15.6. The van der Waals surface area contributed by atoms with Crippen molar-refractivity contribution in [1.82, 2.24) is 35.6 Å². The predicted molar refractivity (Wildman–Crippen MR) is 115 cm³/mol. The molecule has 0 aliphatic heterocycles. The van der Waals surface area contributed by atoms with Crippen LogP contribution in [0.25, 0.3) is 11.2 Å². The molecule has 1 aromatic carbocycles. The SMILES string of the molecule is Nc1nc(OCc2ccc(CNC(=O)c3ccc(CN[C-]=O)nc3)cc2)c2[nH]cnc2n1.[Tb]. The van der Waals surface area contributed by atoms with Gasteiger partial charge in [0.1, 0.15) is 12.1 Å². The van der Waals surface area contributed by atoms with Crippen molar-refractivity contribution in [3.05, 3.63) is 71.3 Å². The first-order valence-corrected chi connectivity index (χ1v) is 9.62. The first-order valence-electron chi connectivity index (χ1n) is 9.62. The molecule has 3 aromatic heterocycles. The number of aromatic nitrogens is 5. The number of ether oxygens (including phenoxy) is 1. The number of hydrogen-bond donors (Lipinski definition) is 4. The Balaban J connectivity index is 0.00000306. The molecule has 2 amide bonds. The number of pyridine rings is 1. The maximum absolute atomic E-state index is 12.3. The topological polar surface area (TPSA) is 161 Å². The zero-order valence-corrected chi connectivity index (χ0v) is 19.3. The fourth-order valence-corrected chi connectivity index (χ4v) is 2.91. The number of carbonyl (C=O) groups is 1. The van der Waals surface area contributed by atoms with Gasteiger partial charge in [-0.15, -0.1) is 0 Å². The molecule has 0 bridgehead atoms. The number of hydrogen-bond acceptors (Lipinski definition) is 8. The number of rotatable bonds is 9. The minimum Gasteiger partial charge on any atom is -0.525 e. The standard InChI is InChI=1S/C21H19N8O3.Tb/c22-21-28-18-17(26-11-27-18)20(29-21)32-10-14-3-1-13(2-4-14)7-25-19(31)15-5-6-16(24-8-15)9-23-12-30;/h1-6,8,11H,7,9-10H2,(H,23,30)(H,25,31)(H3,22,26,27,28,29);/q-1;. The van der Waals surface area contributed by atoms with E-state index in [1.165, 1.54) is 12.5 Å². The summed E-state index contributed by atoms with van der Waals surface area (Å²) in [6.45, 7) is 0.908. The van der Waals surface area contributed by atoms with Crippen molar-refractivity contribution >= 4 is 29.4 Å². The summed E-state index contributed by atoms with van der Waals surface area (Å²) in [4.78, 5) is 41.8. The Bertz CT molecular complexity index is 1230. The van der Waals surface area contributed by atoms with Crippen molar-refractivity contribution in [2.24, 2.45) is 0 Å². The maximum Gasteiger partial charge on any atom is 0.253 e. The van der Waals surface area contributed by atoms with Gasteiger partial charge in [-0.05, 0) is 23.3 Å². The van der Waals surface area contributed by atoms with E-state index in [0.29, 0.717) is 34.8 Å². The van der Waals surface area contributed by atoms with Crippen LogP contribution in [0.2, 0.25) is 0 Å². The number of anilines is 1. The van der Waals surface area contributed by atoms with E-state index in [4.69, 9.17) is 10.5 Å². The Morgan fingerprint density at radius 2 is 1.85 bits per heavy atom. The minimum atomic E-state index is -0.240. The van der Waals surface area contributed by atoms with Crippen LogP contribution in [0, 0.1) is 38.6 Å². The summed E-state index contributed by atoms with van der Waals surface area (Å²) < 4.78 is 5.77. The van der Waals surface area contributed by atoms with Crippen LogP contribution in [0.1, 0.15) is 27.2 Å². The van der Waals surface area contributed by atoms with E-state index < -0.39 is 0 Å². The molecule has 4 aromatic rings. The summed E-state index contributed by atoms with van der Waals surface area (Å²) in [5, 5.41) is 5.25. The van der Waals surface area contributed by atoms with Crippen LogP contribution < -0.4 is 21.1 Å². The molecule has 0 aliphatic carbocycles. The van der Waals surface area contributed by atoms with Gasteiger partial charge in [0.2, 0.25) is 11.8 Å². The number of aromatic amines is 1. The van der Waals surface area contributed by atoms with Gasteiger partial charge in [-0.25, -0.2) is 4.98 Å². The second-order valence-electron chi connectivity index (χ2n) is 6.77. The number of nitrogens with zero attached hydrogens (tertiary/aromatic N) is 4. The van der Waals surface area contributed by atoms with E-state index in [-0.39, 0.29) is 63.6 Å². The summed E-state index contributed by atoms with van der Waals surface area (Å²) in [5.74, 6) is 0.184. The van der Waals surface area contributed by atoms with Gasteiger partial charge in [0, 0.05) is 57.9 Å². The van der Waals surface area contributed by atoms with Crippen LogP contribution in [0.5, 0.6) is 5.88 Å². The molecule has 0 spiro atoms. The average Bonchev–Trinajstić information content (AvgIpc) is 3.29. The van der Waals surface area contributed by atoms with Gasteiger partial charge in [0.15, 0.2) is 5.65 Å². The number of benzene rings is 1. The summed E-state index contributed by atoms with van der Waals surface area (Å²) in [7, 11) is 0. The van der Waals surface area contributed by atoms with Gasteiger partial charge in [0.05, 0.1) is 17.6 Å². The molecule has 0 unspecified atom stereocenters. The molecule has 12 heteroatoms. The zero-order valence-electron chi connectivity index (χ0n) is 17.2. The van der Waals surface area contributed by atoms with Crippen LogP contribution in [0.4, 0.5) is 5.95 Å². The van der Waals surface area contributed by atoms with E-state index in [1.807, 2.05) is 24.3 Å². The summed E-state index contributed by atoms with van der Waals surface area (Å²) in [6.07, 6.45) is 4.55. The molecule has 0 aliphatic rings. The monoisotopic (exact) mass is 590 g/mol. The minimum absolute atomic E-state index is 0. The molecule has 4 rings (SSSR count). The van der Waals surface area contributed by atoms with Crippen molar-refractivity contribution in [3.63, 3.8) is 0 Å². The molecule has 5 N–H and O–H groups in total. The van der Waals surface area contributed by atoms with E-state index in [1.54, 1.807) is 18.5 Å². The fraction of sp³-hybridized carbons (Fsp3) is 0.143. The number of imidazole rings is 1. The average molecular weight is 590 g/mol. The van der Waals surface area contributed by atoms with Crippen LogP contribution in [-0.4, -0.2) is 37.2 Å². The summed E-state index contributed by atoms with van der Waals surface area (Å²) >= 11 is 0. The third-order valence-corrected chi connectivity index (χ3v) is 4.55. The van der Waals surface area contributed by atoms with Gasteiger partial charge in [0.25, 0.3) is 5.91 Å². The number of fused-ring (bicyclic) bond motifs is 1. The van der Waals surface area contributed by atoms with Gasteiger partial charge in [-0.1, -0.05) is 24.3 Å². The van der Waals surface area contributed by atoms with Gasteiger partial charge in [-0.2, -0.15) is 16.4 Å². The third-order valence-electron chi connectivity index (χ3n) is 4.55. The van der Waals surface area contributed by atoms with Gasteiger partial charge in [-0.3, -0.25) is 9.78 Å². The second-order valence-corrected chi connectivity index (χ2v) is 6.77. The van der Waals surface area contributed by atoms with Crippen molar-refractivity contribution < 1.29 is 52.9 Å². The van der Waals surface area contributed by atoms with E-state index in [2.05, 4.69) is 35.6 Å². The first kappa shape index (κ1) is 24.4. The maximum atomic E-state index is 12.3. The van der Waals surface area contributed by atoms with Gasteiger partial charge >= 0.3 is 0 Å². The van der Waals surface area contributed by atoms with E-state index in [0.717, 1.165) is 11.1 Å². The Labute approximate surface area is 219 Å². The number of nitrogen functional groups attached to an aromatic ring is 1. The van der Waals surface area contributed by atoms with E-state index >= 15 is 0 Å². The largest absolute Gasteiger partial charge is 0.525 e. The molecule has 171 valence electrons. The molecule has 0 saturated heterocycles. The number of carbonyl (C=O) groups excluding carboxylic acids is 2. The fourth-order valence-electron chi connectivity index (χ4n) is 2.91. The molecular weight excluding hydrogens is 571 g/mol. The summed E-state index contributed by atoms with van der Waals surface area (Å²) in [6, 6.07) is 11.0. The molecule has 1 radical (unpaired) electrons. The quantitative estimate of drug-likeness (QED) is 0.166. The van der Waals surface area contributed by atoms with Crippen molar-refractivity contribution in [2.75, 3.05) is 5.73 Å². The smallest absolute Gasteiger partial charge is 0.253 e. The second kappa shape index (κ2) is 11.6. The number of H-pyrrole nitrogens is 1. The van der Waals surface area contributed by atoms with Crippen molar-refractivity contribution in [1.29, 1.82) is 0 Å². The predicted octanol–water partition coefficient (Wildman–Crippen LogP) is 0.996. The molecule has 33 heavy (non-hydrogen) atoms. The van der Waals surface area contributed by atoms with E-state index in [9.17, 15) is 9.59 Å². The Morgan fingerprint density at radius 1 is 1.06 bits per heavy atom. The van der Waals surface area contributed by atoms with Crippen LogP contribution in [0.15, 0.2) is 48.9 Å². The molecule has 0 fully saturated rings. The van der Waals surface area contributed by atoms with Crippen molar-refractivity contribution in [2.45, 2.75) is 19.7 Å². The molecular formula is C21H19N8O3Tb-. The summed E-state index contributed by atoms with van der Waals surface area (Å²) in [5.41, 5.74) is 9.64. The van der Waals surface area contributed by atoms with Crippen LogP contribution >= 0.6 is 0 Å². The Morgan fingerprint density at radius 3 is 2.58 bits per heavy atom. The van der Waals surface area contributed by atoms with Crippen LogP contribution in [-0.2, 0) is 24.5 Å². The molecule has 11 nitrogen and oxygen atoms in total. The zero-order chi connectivity index (χ0) is 22.3.